The highest BCUT2D eigenvalue weighted by molar-refractivity contribution is 7.21. The minimum Gasteiger partial charge on any atom is -0.396 e. The summed E-state index contributed by atoms with van der Waals surface area (Å²) >= 11 is 1.31. The molecule has 1 fully saturated rings. The first kappa shape index (κ1) is 13.3. The number of amides is 1. The maximum absolute atomic E-state index is 12.4. The first-order valence-electron chi connectivity index (χ1n) is 6.99. The van der Waals surface area contributed by atoms with Crippen LogP contribution in [0.5, 0.6) is 0 Å². The lowest BCUT2D eigenvalue weighted by atomic mass is 10.1. The van der Waals surface area contributed by atoms with E-state index in [1.807, 2.05) is 0 Å². The van der Waals surface area contributed by atoms with Gasteiger partial charge in [0.2, 0.25) is 0 Å². The summed E-state index contributed by atoms with van der Waals surface area (Å²) in [5.74, 6) is 0.697. The quantitative estimate of drug-likeness (QED) is 0.887. The number of nitrogen functional groups attached to an aromatic ring is 1. The number of fused-ring (bicyclic) bond motifs is 1. The van der Waals surface area contributed by atoms with Crippen LogP contribution in [0, 0.1) is 5.92 Å². The third-order valence-corrected chi connectivity index (χ3v) is 4.81. The lowest BCUT2D eigenvalue weighted by Crippen LogP contribution is -2.34. The van der Waals surface area contributed by atoms with Crippen LogP contribution in [0.2, 0.25) is 0 Å². The molecule has 1 atom stereocenters. The third-order valence-electron chi connectivity index (χ3n) is 3.71. The standard InChI is InChI=1S/C14H18N4OS/c1-2-9(7-8-3-4-8)18-13(19)12-10(15)11-14(20-12)17-6-5-16-11/h5-6,8-9H,2-4,7,15H2,1H3,(H,18,19). The van der Waals surface area contributed by atoms with Crippen LogP contribution < -0.4 is 11.1 Å². The zero-order valence-electron chi connectivity index (χ0n) is 11.4. The average Bonchev–Trinajstić information content (AvgIpc) is 3.21. The van der Waals surface area contributed by atoms with Crippen LogP contribution in [-0.2, 0) is 0 Å². The van der Waals surface area contributed by atoms with Gasteiger partial charge in [-0.25, -0.2) is 9.97 Å². The van der Waals surface area contributed by atoms with Crippen LogP contribution in [0.1, 0.15) is 42.3 Å². The summed E-state index contributed by atoms with van der Waals surface area (Å²) < 4.78 is 0. The number of thiophene rings is 1. The van der Waals surface area contributed by atoms with E-state index >= 15 is 0 Å². The number of hydrogen-bond donors (Lipinski definition) is 2. The molecule has 1 unspecified atom stereocenters. The van der Waals surface area contributed by atoms with Gasteiger partial charge in [-0.3, -0.25) is 4.79 Å². The van der Waals surface area contributed by atoms with Crippen molar-refractivity contribution in [1.29, 1.82) is 0 Å². The Balaban J connectivity index is 1.78. The zero-order valence-corrected chi connectivity index (χ0v) is 12.2. The molecule has 0 bridgehead atoms. The van der Waals surface area contributed by atoms with Gasteiger partial charge in [0.05, 0.1) is 5.69 Å². The number of carbonyl (C=O) groups excluding carboxylic acids is 1. The molecule has 5 nitrogen and oxygen atoms in total. The van der Waals surface area contributed by atoms with E-state index in [0.29, 0.717) is 20.9 Å². The monoisotopic (exact) mass is 290 g/mol. The Hall–Kier alpha value is -1.69. The molecule has 1 saturated carbocycles. The first-order chi connectivity index (χ1) is 9.69. The minimum absolute atomic E-state index is 0.0974. The molecule has 1 aliphatic rings. The van der Waals surface area contributed by atoms with Gasteiger partial charge in [-0.15, -0.1) is 11.3 Å². The summed E-state index contributed by atoms with van der Waals surface area (Å²) in [5, 5.41) is 3.09. The van der Waals surface area contributed by atoms with Crippen LogP contribution in [-0.4, -0.2) is 21.9 Å². The Bertz CT molecular complexity index is 635. The predicted molar refractivity (Wildman–Crippen MR) is 80.7 cm³/mol. The molecule has 0 saturated heterocycles. The Morgan fingerprint density at radius 3 is 2.90 bits per heavy atom. The molecule has 106 valence electrons. The summed E-state index contributed by atoms with van der Waals surface area (Å²) in [6, 6.07) is 0.237. The second-order valence-electron chi connectivity index (χ2n) is 5.31. The summed E-state index contributed by atoms with van der Waals surface area (Å²) in [5.41, 5.74) is 7.08. The lowest BCUT2D eigenvalue weighted by molar-refractivity contribution is 0.0937. The first-order valence-corrected chi connectivity index (χ1v) is 7.80. The molecule has 3 N–H and O–H groups in total. The van der Waals surface area contributed by atoms with E-state index in [2.05, 4.69) is 22.2 Å². The highest BCUT2D eigenvalue weighted by Gasteiger charge is 2.26. The summed E-state index contributed by atoms with van der Waals surface area (Å²) in [6.07, 6.45) is 7.82. The maximum atomic E-state index is 12.4. The fourth-order valence-corrected chi connectivity index (χ4v) is 3.27. The van der Waals surface area contributed by atoms with Gasteiger partial charge in [0, 0.05) is 18.4 Å². The number of rotatable bonds is 5. The Morgan fingerprint density at radius 1 is 1.50 bits per heavy atom. The van der Waals surface area contributed by atoms with Crippen molar-refractivity contribution < 1.29 is 4.79 Å². The predicted octanol–water partition coefficient (Wildman–Crippen LogP) is 2.58. The molecular formula is C14H18N4OS. The molecule has 0 aliphatic heterocycles. The Morgan fingerprint density at radius 2 is 2.25 bits per heavy atom. The molecule has 0 spiro atoms. The normalized spacial score (nSPS) is 16.2. The number of nitrogens with one attached hydrogen (secondary N) is 1. The molecular weight excluding hydrogens is 272 g/mol. The number of anilines is 1. The van der Waals surface area contributed by atoms with Crippen molar-refractivity contribution in [1.82, 2.24) is 15.3 Å². The number of aromatic nitrogens is 2. The number of carbonyl (C=O) groups is 1. The molecule has 6 heteroatoms. The van der Waals surface area contributed by atoms with Gasteiger partial charge in [-0.1, -0.05) is 19.8 Å². The largest absolute Gasteiger partial charge is 0.396 e. The van der Waals surface area contributed by atoms with Gasteiger partial charge < -0.3 is 11.1 Å². The Labute approximate surface area is 121 Å². The number of nitrogens with two attached hydrogens (primary N) is 1. The molecule has 1 aliphatic carbocycles. The van der Waals surface area contributed by atoms with Crippen molar-refractivity contribution in [3.8, 4) is 0 Å². The number of hydrogen-bond acceptors (Lipinski definition) is 5. The minimum atomic E-state index is -0.0974. The van der Waals surface area contributed by atoms with E-state index < -0.39 is 0 Å². The third kappa shape index (κ3) is 2.60. The van der Waals surface area contributed by atoms with Gasteiger partial charge >= 0.3 is 0 Å². The van der Waals surface area contributed by atoms with Gasteiger partial charge in [0.15, 0.2) is 0 Å². The molecule has 0 aromatic carbocycles. The topological polar surface area (TPSA) is 80.9 Å². The summed E-state index contributed by atoms with van der Waals surface area (Å²) in [6.45, 7) is 2.10. The van der Waals surface area contributed by atoms with Crippen LogP contribution in [0.4, 0.5) is 5.69 Å². The second-order valence-corrected chi connectivity index (χ2v) is 6.31. The van der Waals surface area contributed by atoms with Crippen LogP contribution >= 0.6 is 11.3 Å². The van der Waals surface area contributed by atoms with Crippen molar-refractivity contribution in [3.63, 3.8) is 0 Å². The van der Waals surface area contributed by atoms with E-state index in [0.717, 1.165) is 18.8 Å². The van der Waals surface area contributed by atoms with Gasteiger partial charge in [0.1, 0.15) is 15.2 Å². The van der Waals surface area contributed by atoms with Gasteiger partial charge in [0.25, 0.3) is 5.91 Å². The fraction of sp³-hybridized carbons (Fsp3) is 0.500. The lowest BCUT2D eigenvalue weighted by Gasteiger charge is -2.16. The van der Waals surface area contributed by atoms with Gasteiger partial charge in [-0.05, 0) is 18.8 Å². The fourth-order valence-electron chi connectivity index (χ4n) is 2.35. The number of nitrogens with zero attached hydrogens (tertiary/aromatic N) is 2. The van der Waals surface area contributed by atoms with E-state index in [9.17, 15) is 4.79 Å². The van der Waals surface area contributed by atoms with E-state index in [1.165, 1.54) is 24.2 Å². The highest BCUT2D eigenvalue weighted by Crippen LogP contribution is 2.34. The average molecular weight is 290 g/mol. The van der Waals surface area contributed by atoms with Crippen LogP contribution in [0.15, 0.2) is 12.4 Å². The van der Waals surface area contributed by atoms with E-state index in [1.54, 1.807) is 12.4 Å². The van der Waals surface area contributed by atoms with E-state index in [-0.39, 0.29) is 11.9 Å². The molecule has 2 aromatic rings. The van der Waals surface area contributed by atoms with Crippen molar-refractivity contribution in [2.24, 2.45) is 5.92 Å². The molecule has 2 heterocycles. The molecule has 3 rings (SSSR count). The van der Waals surface area contributed by atoms with Crippen LogP contribution in [0.3, 0.4) is 0 Å². The highest BCUT2D eigenvalue weighted by atomic mass is 32.1. The van der Waals surface area contributed by atoms with Crippen molar-refractivity contribution in [2.75, 3.05) is 5.73 Å². The molecule has 1 amide bonds. The van der Waals surface area contributed by atoms with Crippen LogP contribution in [0.25, 0.3) is 10.3 Å². The van der Waals surface area contributed by atoms with Crippen molar-refractivity contribution in [2.45, 2.75) is 38.6 Å². The van der Waals surface area contributed by atoms with Crippen molar-refractivity contribution >= 4 is 33.3 Å². The van der Waals surface area contributed by atoms with Gasteiger partial charge in [-0.2, -0.15) is 0 Å². The molecule has 20 heavy (non-hydrogen) atoms. The van der Waals surface area contributed by atoms with Crippen molar-refractivity contribution in [3.05, 3.63) is 17.3 Å². The van der Waals surface area contributed by atoms with E-state index in [4.69, 9.17) is 5.73 Å². The summed E-state index contributed by atoms with van der Waals surface area (Å²) in [7, 11) is 0. The SMILES string of the molecule is CCC(CC1CC1)NC(=O)c1sc2nccnc2c1N. The maximum Gasteiger partial charge on any atom is 0.263 e. The molecule has 2 aromatic heterocycles. The molecule has 0 radical (unpaired) electrons. The zero-order chi connectivity index (χ0) is 14.1. The summed E-state index contributed by atoms with van der Waals surface area (Å²) in [4.78, 5) is 22.0. The Kier molecular flexibility index (Phi) is 3.56. The second kappa shape index (κ2) is 5.36. The smallest absolute Gasteiger partial charge is 0.263 e.